The molecule has 106 valence electrons. The van der Waals surface area contributed by atoms with Crippen molar-refractivity contribution in [3.05, 3.63) is 57.6 Å². The molecule has 0 aromatic heterocycles. The molecule has 0 saturated heterocycles. The highest BCUT2D eigenvalue weighted by molar-refractivity contribution is 9.10. The van der Waals surface area contributed by atoms with Crippen LogP contribution < -0.4 is 10.5 Å². The third-order valence-corrected chi connectivity index (χ3v) is 4.08. The average Bonchev–Trinajstić information content (AvgIpc) is 2.38. The van der Waals surface area contributed by atoms with Crippen molar-refractivity contribution in [2.24, 2.45) is 5.73 Å². The third kappa shape index (κ3) is 3.41. The van der Waals surface area contributed by atoms with Crippen LogP contribution in [0.4, 0.5) is 0 Å². The van der Waals surface area contributed by atoms with E-state index in [4.69, 9.17) is 10.5 Å². The Labute approximate surface area is 129 Å². The molecule has 0 saturated carbocycles. The molecule has 0 spiro atoms. The van der Waals surface area contributed by atoms with E-state index < -0.39 is 0 Å². The summed E-state index contributed by atoms with van der Waals surface area (Å²) in [5.41, 5.74) is 9.34. The fourth-order valence-electron chi connectivity index (χ4n) is 2.25. The molecule has 2 aromatic carbocycles. The number of benzene rings is 2. The van der Waals surface area contributed by atoms with Crippen LogP contribution in [0, 0.1) is 6.92 Å². The minimum atomic E-state index is 0.517. The van der Waals surface area contributed by atoms with Gasteiger partial charge in [0.2, 0.25) is 0 Å². The minimum absolute atomic E-state index is 0.517. The van der Waals surface area contributed by atoms with E-state index in [1.54, 1.807) is 0 Å². The first-order valence-electron chi connectivity index (χ1n) is 6.78. The second-order valence-electron chi connectivity index (χ2n) is 5.23. The zero-order valence-corrected chi connectivity index (χ0v) is 13.7. The Hall–Kier alpha value is -1.32. The van der Waals surface area contributed by atoms with Crippen molar-refractivity contribution >= 4 is 15.9 Å². The SMILES string of the molecule is Cc1cc(Oc2ccc(CN)c(Br)c2)ccc1C(C)C. The molecule has 2 nitrogen and oxygen atoms in total. The maximum atomic E-state index is 5.90. The van der Waals surface area contributed by atoms with Gasteiger partial charge < -0.3 is 10.5 Å². The molecular formula is C17H20BrNO. The van der Waals surface area contributed by atoms with Gasteiger partial charge in [0.05, 0.1) is 0 Å². The summed E-state index contributed by atoms with van der Waals surface area (Å²) in [6.45, 7) is 7.04. The Morgan fingerprint density at radius 1 is 1.10 bits per heavy atom. The molecular weight excluding hydrogens is 314 g/mol. The molecule has 20 heavy (non-hydrogen) atoms. The van der Waals surface area contributed by atoms with Crippen molar-refractivity contribution in [3.63, 3.8) is 0 Å². The van der Waals surface area contributed by atoms with Crippen LogP contribution in [0.5, 0.6) is 11.5 Å². The first-order chi connectivity index (χ1) is 9.51. The number of ether oxygens (including phenoxy) is 1. The molecule has 2 rings (SSSR count). The van der Waals surface area contributed by atoms with E-state index in [0.717, 1.165) is 21.5 Å². The molecule has 0 atom stereocenters. The van der Waals surface area contributed by atoms with E-state index in [9.17, 15) is 0 Å². The molecule has 0 aliphatic rings. The van der Waals surface area contributed by atoms with Crippen molar-refractivity contribution in [3.8, 4) is 11.5 Å². The number of nitrogens with two attached hydrogens (primary N) is 1. The standard InChI is InChI=1S/C17H20BrNO/c1-11(2)16-7-6-14(8-12(16)3)20-15-5-4-13(10-19)17(18)9-15/h4-9,11H,10,19H2,1-3H3. The lowest BCUT2D eigenvalue weighted by Gasteiger charge is -2.13. The Bertz CT molecular complexity index is 608. The van der Waals surface area contributed by atoms with Gasteiger partial charge in [-0.3, -0.25) is 0 Å². The Balaban J connectivity index is 2.22. The normalized spacial score (nSPS) is 10.9. The fraction of sp³-hybridized carbons (Fsp3) is 0.294. The van der Waals surface area contributed by atoms with Crippen LogP contribution in [0.2, 0.25) is 0 Å². The molecule has 0 unspecified atom stereocenters. The van der Waals surface area contributed by atoms with E-state index >= 15 is 0 Å². The van der Waals surface area contributed by atoms with Crippen LogP contribution in [0.3, 0.4) is 0 Å². The van der Waals surface area contributed by atoms with E-state index in [1.165, 1.54) is 11.1 Å². The number of aryl methyl sites for hydroxylation is 1. The zero-order valence-electron chi connectivity index (χ0n) is 12.1. The molecule has 0 fully saturated rings. The topological polar surface area (TPSA) is 35.2 Å². The van der Waals surface area contributed by atoms with Gasteiger partial charge in [0.1, 0.15) is 11.5 Å². The summed E-state index contributed by atoms with van der Waals surface area (Å²) in [5, 5.41) is 0. The molecule has 0 radical (unpaired) electrons. The first-order valence-corrected chi connectivity index (χ1v) is 7.57. The molecule has 0 aliphatic heterocycles. The smallest absolute Gasteiger partial charge is 0.128 e. The van der Waals surface area contributed by atoms with E-state index in [-0.39, 0.29) is 0 Å². The molecule has 0 bridgehead atoms. The predicted octanol–water partition coefficient (Wildman–Crippen LogP) is 5.13. The second kappa shape index (κ2) is 6.42. The maximum absolute atomic E-state index is 5.90. The highest BCUT2D eigenvalue weighted by atomic mass is 79.9. The number of rotatable bonds is 4. The molecule has 2 aromatic rings. The quantitative estimate of drug-likeness (QED) is 0.841. The number of hydrogen-bond acceptors (Lipinski definition) is 2. The average molecular weight is 334 g/mol. The largest absolute Gasteiger partial charge is 0.457 e. The van der Waals surface area contributed by atoms with Crippen LogP contribution in [0.1, 0.15) is 36.5 Å². The summed E-state index contributed by atoms with van der Waals surface area (Å²) in [4.78, 5) is 0. The summed E-state index contributed by atoms with van der Waals surface area (Å²) in [7, 11) is 0. The fourth-order valence-corrected chi connectivity index (χ4v) is 2.77. The lowest BCUT2D eigenvalue weighted by Crippen LogP contribution is -1.97. The van der Waals surface area contributed by atoms with Crippen molar-refractivity contribution in [1.29, 1.82) is 0 Å². The summed E-state index contributed by atoms with van der Waals surface area (Å²) < 4.78 is 6.88. The van der Waals surface area contributed by atoms with Crippen LogP contribution in [-0.2, 0) is 6.54 Å². The lowest BCUT2D eigenvalue weighted by molar-refractivity contribution is 0.481. The second-order valence-corrected chi connectivity index (χ2v) is 6.09. The van der Waals surface area contributed by atoms with Crippen molar-refractivity contribution in [1.82, 2.24) is 0 Å². The van der Waals surface area contributed by atoms with Gasteiger partial charge in [-0.05, 0) is 53.8 Å². The molecule has 0 amide bonds. The number of hydrogen-bond donors (Lipinski definition) is 1. The van der Waals surface area contributed by atoms with E-state index in [0.29, 0.717) is 12.5 Å². The Morgan fingerprint density at radius 3 is 2.30 bits per heavy atom. The Morgan fingerprint density at radius 2 is 1.75 bits per heavy atom. The molecule has 2 N–H and O–H groups in total. The number of halogens is 1. The monoisotopic (exact) mass is 333 g/mol. The lowest BCUT2D eigenvalue weighted by atomic mass is 9.98. The van der Waals surface area contributed by atoms with Gasteiger partial charge in [0, 0.05) is 11.0 Å². The van der Waals surface area contributed by atoms with Gasteiger partial charge in [0.25, 0.3) is 0 Å². The van der Waals surface area contributed by atoms with Crippen LogP contribution in [0.15, 0.2) is 40.9 Å². The van der Waals surface area contributed by atoms with Crippen molar-refractivity contribution in [2.45, 2.75) is 33.2 Å². The molecule has 0 aliphatic carbocycles. The molecule has 3 heteroatoms. The summed E-state index contributed by atoms with van der Waals surface area (Å²) in [5.74, 6) is 2.20. The van der Waals surface area contributed by atoms with Crippen molar-refractivity contribution < 1.29 is 4.74 Å². The zero-order chi connectivity index (χ0) is 14.7. The summed E-state index contributed by atoms with van der Waals surface area (Å²) in [6, 6.07) is 12.1. The highest BCUT2D eigenvalue weighted by Crippen LogP contribution is 2.29. The van der Waals surface area contributed by atoms with E-state index in [1.807, 2.05) is 24.3 Å². The maximum Gasteiger partial charge on any atom is 0.128 e. The predicted molar refractivity (Wildman–Crippen MR) is 87.4 cm³/mol. The van der Waals surface area contributed by atoms with Crippen LogP contribution in [-0.4, -0.2) is 0 Å². The van der Waals surface area contributed by atoms with Gasteiger partial charge in [-0.1, -0.05) is 41.9 Å². The first kappa shape index (κ1) is 15.1. The van der Waals surface area contributed by atoms with Crippen molar-refractivity contribution in [2.75, 3.05) is 0 Å². The van der Waals surface area contributed by atoms with E-state index in [2.05, 4.69) is 48.8 Å². The van der Waals surface area contributed by atoms with Gasteiger partial charge in [0.15, 0.2) is 0 Å². The summed E-state index contributed by atoms with van der Waals surface area (Å²) in [6.07, 6.45) is 0. The minimum Gasteiger partial charge on any atom is -0.457 e. The van der Waals surface area contributed by atoms with Crippen LogP contribution >= 0.6 is 15.9 Å². The van der Waals surface area contributed by atoms with Crippen LogP contribution in [0.25, 0.3) is 0 Å². The third-order valence-electron chi connectivity index (χ3n) is 3.34. The van der Waals surface area contributed by atoms with Gasteiger partial charge in [-0.25, -0.2) is 0 Å². The molecule has 0 heterocycles. The Kier molecular flexibility index (Phi) is 4.84. The van der Waals surface area contributed by atoms with Gasteiger partial charge >= 0.3 is 0 Å². The summed E-state index contributed by atoms with van der Waals surface area (Å²) >= 11 is 3.51. The highest BCUT2D eigenvalue weighted by Gasteiger charge is 2.06. The van der Waals surface area contributed by atoms with Gasteiger partial charge in [-0.2, -0.15) is 0 Å². The van der Waals surface area contributed by atoms with Gasteiger partial charge in [-0.15, -0.1) is 0 Å².